The molecule has 2 rings (SSSR count). The van der Waals surface area contributed by atoms with Crippen molar-refractivity contribution in [2.24, 2.45) is 0 Å². The number of carbonyl (C=O) groups is 1. The Balaban J connectivity index is 1.90. The summed E-state index contributed by atoms with van der Waals surface area (Å²) in [5.41, 5.74) is 1.00. The zero-order valence-corrected chi connectivity index (χ0v) is 14.8. The predicted octanol–water partition coefficient (Wildman–Crippen LogP) is 3.97. The Bertz CT molecular complexity index is 474. The van der Waals surface area contributed by atoms with Gasteiger partial charge in [0.05, 0.1) is 0 Å². The third-order valence-electron chi connectivity index (χ3n) is 4.24. The van der Waals surface area contributed by atoms with Crippen molar-refractivity contribution in [3.8, 4) is 0 Å². The predicted molar refractivity (Wildman–Crippen MR) is 92.6 cm³/mol. The molecule has 1 fully saturated rings. The molecule has 0 spiro atoms. The number of hydrogen-bond acceptors (Lipinski definition) is 4. The van der Waals surface area contributed by atoms with Gasteiger partial charge in [-0.05, 0) is 38.7 Å². The second-order valence-electron chi connectivity index (χ2n) is 5.96. The Kier molecular flexibility index (Phi) is 8.05. The molecule has 1 saturated heterocycles. The van der Waals surface area contributed by atoms with E-state index in [9.17, 15) is 4.79 Å². The van der Waals surface area contributed by atoms with Gasteiger partial charge in [0.25, 0.3) is 0 Å². The topological polar surface area (TPSA) is 48.0 Å². The van der Waals surface area contributed by atoms with Crippen LogP contribution in [0.3, 0.4) is 0 Å². The summed E-state index contributed by atoms with van der Waals surface area (Å²) in [6.45, 7) is 6.18. The minimum absolute atomic E-state index is 0.116. The standard InChI is InChI=1S/C19H29NO4/c1-3-22-18(23-4-2)14-17-12-8-9-13-20(17)19(21)24-15-16-10-6-5-7-11-16/h5-7,10-11,17-18H,3-4,8-9,12-15H2,1-2H3. The molecule has 0 saturated carbocycles. The number of carbonyl (C=O) groups excluding carboxylic acids is 1. The first-order valence-electron chi connectivity index (χ1n) is 8.95. The molecule has 0 radical (unpaired) electrons. The number of likely N-dealkylation sites (tertiary alicyclic amines) is 1. The highest BCUT2D eigenvalue weighted by Crippen LogP contribution is 2.23. The van der Waals surface area contributed by atoms with Crippen LogP contribution in [0.5, 0.6) is 0 Å². The van der Waals surface area contributed by atoms with E-state index in [1.54, 1.807) is 0 Å². The van der Waals surface area contributed by atoms with Gasteiger partial charge in [-0.3, -0.25) is 0 Å². The third-order valence-corrected chi connectivity index (χ3v) is 4.24. The van der Waals surface area contributed by atoms with E-state index < -0.39 is 0 Å². The number of ether oxygens (including phenoxy) is 3. The molecular formula is C19H29NO4. The van der Waals surface area contributed by atoms with E-state index in [1.165, 1.54) is 0 Å². The average molecular weight is 335 g/mol. The zero-order valence-electron chi connectivity index (χ0n) is 14.8. The zero-order chi connectivity index (χ0) is 17.2. The van der Waals surface area contributed by atoms with Crippen molar-refractivity contribution in [3.05, 3.63) is 35.9 Å². The fourth-order valence-corrected chi connectivity index (χ4v) is 3.07. The highest BCUT2D eigenvalue weighted by atomic mass is 16.7. The van der Waals surface area contributed by atoms with Crippen LogP contribution in [0.4, 0.5) is 4.79 Å². The quantitative estimate of drug-likeness (QED) is 0.675. The summed E-state index contributed by atoms with van der Waals surface area (Å²) in [6, 6.07) is 9.88. The molecule has 0 N–H and O–H groups in total. The fraction of sp³-hybridized carbons (Fsp3) is 0.632. The van der Waals surface area contributed by atoms with E-state index in [0.717, 1.165) is 31.4 Å². The van der Waals surface area contributed by atoms with Crippen molar-refractivity contribution in [1.82, 2.24) is 4.90 Å². The Morgan fingerprint density at radius 3 is 2.54 bits per heavy atom. The SMILES string of the molecule is CCOC(CC1CCCCN1C(=O)OCc1ccccc1)OCC. The lowest BCUT2D eigenvalue weighted by molar-refractivity contribution is -0.148. The fourth-order valence-electron chi connectivity index (χ4n) is 3.07. The number of amides is 1. The van der Waals surface area contributed by atoms with Crippen molar-refractivity contribution in [2.45, 2.75) is 58.5 Å². The van der Waals surface area contributed by atoms with Gasteiger partial charge in [-0.2, -0.15) is 0 Å². The van der Waals surface area contributed by atoms with Gasteiger partial charge in [0.1, 0.15) is 6.61 Å². The molecule has 24 heavy (non-hydrogen) atoms. The van der Waals surface area contributed by atoms with Crippen LogP contribution in [0.1, 0.15) is 45.1 Å². The summed E-state index contributed by atoms with van der Waals surface area (Å²) in [5, 5.41) is 0. The van der Waals surface area contributed by atoms with Gasteiger partial charge in [-0.25, -0.2) is 4.79 Å². The van der Waals surface area contributed by atoms with Crippen LogP contribution >= 0.6 is 0 Å². The van der Waals surface area contributed by atoms with Gasteiger partial charge in [0.15, 0.2) is 6.29 Å². The lowest BCUT2D eigenvalue weighted by Gasteiger charge is -2.36. The Morgan fingerprint density at radius 2 is 1.88 bits per heavy atom. The molecule has 1 aromatic carbocycles. The number of benzene rings is 1. The van der Waals surface area contributed by atoms with Crippen LogP contribution in [0.2, 0.25) is 0 Å². The first-order chi connectivity index (χ1) is 11.7. The van der Waals surface area contributed by atoms with Crippen LogP contribution in [0.25, 0.3) is 0 Å². The third kappa shape index (κ3) is 5.80. The second-order valence-corrected chi connectivity index (χ2v) is 5.96. The Hall–Kier alpha value is -1.59. The van der Waals surface area contributed by atoms with Crippen LogP contribution < -0.4 is 0 Å². The van der Waals surface area contributed by atoms with Crippen molar-refractivity contribution >= 4 is 6.09 Å². The Morgan fingerprint density at radius 1 is 1.17 bits per heavy atom. The number of nitrogens with zero attached hydrogens (tertiary/aromatic N) is 1. The molecule has 134 valence electrons. The monoisotopic (exact) mass is 335 g/mol. The molecule has 5 nitrogen and oxygen atoms in total. The summed E-state index contributed by atoms with van der Waals surface area (Å²) >= 11 is 0. The summed E-state index contributed by atoms with van der Waals surface area (Å²) < 4.78 is 16.8. The molecule has 0 aliphatic carbocycles. The molecule has 0 aromatic heterocycles. The summed E-state index contributed by atoms with van der Waals surface area (Å²) in [5.74, 6) is 0. The van der Waals surface area contributed by atoms with Crippen LogP contribution in [-0.2, 0) is 20.8 Å². The van der Waals surface area contributed by atoms with E-state index in [0.29, 0.717) is 26.2 Å². The number of piperidine rings is 1. The van der Waals surface area contributed by atoms with Gasteiger partial charge in [-0.1, -0.05) is 30.3 Å². The minimum Gasteiger partial charge on any atom is -0.445 e. The molecule has 1 heterocycles. The molecule has 1 atom stereocenters. The van der Waals surface area contributed by atoms with Crippen molar-refractivity contribution in [2.75, 3.05) is 19.8 Å². The van der Waals surface area contributed by atoms with Crippen molar-refractivity contribution in [3.63, 3.8) is 0 Å². The minimum atomic E-state index is -0.257. The maximum absolute atomic E-state index is 12.5. The summed E-state index contributed by atoms with van der Waals surface area (Å²) in [6.07, 6.45) is 3.31. The number of rotatable bonds is 8. The maximum Gasteiger partial charge on any atom is 0.410 e. The summed E-state index contributed by atoms with van der Waals surface area (Å²) in [7, 11) is 0. The smallest absolute Gasteiger partial charge is 0.410 e. The van der Waals surface area contributed by atoms with Crippen LogP contribution in [0, 0.1) is 0 Å². The highest BCUT2D eigenvalue weighted by molar-refractivity contribution is 5.68. The van der Waals surface area contributed by atoms with Crippen LogP contribution in [-0.4, -0.2) is 43.1 Å². The van der Waals surface area contributed by atoms with Gasteiger partial charge in [0, 0.05) is 32.2 Å². The molecular weight excluding hydrogens is 306 g/mol. The molecule has 1 aliphatic heterocycles. The first-order valence-corrected chi connectivity index (χ1v) is 8.95. The molecule has 0 bridgehead atoms. The van der Waals surface area contributed by atoms with E-state index in [4.69, 9.17) is 14.2 Å². The lowest BCUT2D eigenvalue weighted by atomic mass is 9.99. The van der Waals surface area contributed by atoms with E-state index in [1.807, 2.05) is 49.1 Å². The largest absolute Gasteiger partial charge is 0.445 e. The first kappa shape index (κ1) is 18.7. The molecule has 1 aromatic rings. The highest BCUT2D eigenvalue weighted by Gasteiger charge is 2.30. The normalized spacial score (nSPS) is 18.0. The van der Waals surface area contributed by atoms with E-state index >= 15 is 0 Å². The van der Waals surface area contributed by atoms with E-state index in [-0.39, 0.29) is 18.4 Å². The van der Waals surface area contributed by atoms with Crippen LogP contribution in [0.15, 0.2) is 30.3 Å². The second kappa shape index (κ2) is 10.3. The van der Waals surface area contributed by atoms with Gasteiger partial charge in [-0.15, -0.1) is 0 Å². The molecule has 1 amide bonds. The Labute approximate surface area is 144 Å². The van der Waals surface area contributed by atoms with Gasteiger partial charge < -0.3 is 19.1 Å². The van der Waals surface area contributed by atoms with Crippen molar-refractivity contribution in [1.29, 1.82) is 0 Å². The lowest BCUT2D eigenvalue weighted by Crippen LogP contribution is -2.46. The average Bonchev–Trinajstić information content (AvgIpc) is 2.61. The van der Waals surface area contributed by atoms with Gasteiger partial charge >= 0.3 is 6.09 Å². The molecule has 1 unspecified atom stereocenters. The molecule has 5 heteroatoms. The number of hydrogen-bond donors (Lipinski definition) is 0. The van der Waals surface area contributed by atoms with E-state index in [2.05, 4.69) is 0 Å². The van der Waals surface area contributed by atoms with Crippen molar-refractivity contribution < 1.29 is 19.0 Å². The summed E-state index contributed by atoms with van der Waals surface area (Å²) in [4.78, 5) is 14.3. The maximum atomic E-state index is 12.5. The molecule has 1 aliphatic rings. The van der Waals surface area contributed by atoms with Gasteiger partial charge in [0.2, 0.25) is 0 Å².